The molecule has 0 heterocycles. The first-order chi connectivity index (χ1) is 17.7. The predicted octanol–water partition coefficient (Wildman–Crippen LogP) is 1.58. The van der Waals surface area contributed by atoms with E-state index >= 15 is 0 Å². The first kappa shape index (κ1) is 40.1. The van der Waals surface area contributed by atoms with Crippen LogP contribution in [0.2, 0.25) is 0 Å². The van der Waals surface area contributed by atoms with Crippen LogP contribution in [-0.2, 0) is 32.7 Å². The summed E-state index contributed by atoms with van der Waals surface area (Å²) in [5, 5.41) is 18.0. The van der Waals surface area contributed by atoms with Gasteiger partial charge in [-0.3, -0.25) is 14.2 Å². The van der Waals surface area contributed by atoms with Crippen LogP contribution >= 0.6 is 7.82 Å². The van der Waals surface area contributed by atoms with Crippen LogP contribution in [-0.4, -0.2) is 60.8 Å². The maximum atomic E-state index is 12.3. The molecule has 0 saturated heterocycles. The molecule has 0 fully saturated rings. The summed E-state index contributed by atoms with van der Waals surface area (Å²) in [7, 11) is -4.83. The van der Waals surface area contributed by atoms with E-state index in [9.17, 15) is 24.2 Å². The number of aliphatic hydroxyl groups is 2. The van der Waals surface area contributed by atoms with Crippen LogP contribution in [0.5, 0.6) is 0 Å². The average Bonchev–Trinajstić information content (AvgIpc) is 2.87. The zero-order chi connectivity index (χ0) is 27.8. The smallest absolute Gasteiger partial charge is 0.756 e. The second-order valence-electron chi connectivity index (χ2n) is 9.41. The van der Waals surface area contributed by atoms with Gasteiger partial charge in [-0.2, -0.15) is 0 Å². The summed E-state index contributed by atoms with van der Waals surface area (Å²) in [6.07, 6.45) is 12.6. The number of ether oxygens (including phenoxy) is 2. The van der Waals surface area contributed by atoms with E-state index in [0.717, 1.165) is 38.5 Å². The van der Waals surface area contributed by atoms with E-state index in [2.05, 4.69) is 18.4 Å². The number of esters is 2. The molecule has 0 rings (SSSR count). The van der Waals surface area contributed by atoms with Crippen LogP contribution in [0.1, 0.15) is 117 Å². The number of hydrogen-bond donors (Lipinski definition) is 2. The van der Waals surface area contributed by atoms with Gasteiger partial charge in [0.1, 0.15) is 12.7 Å². The van der Waals surface area contributed by atoms with Gasteiger partial charge in [0.25, 0.3) is 7.82 Å². The van der Waals surface area contributed by atoms with Crippen molar-refractivity contribution >= 4 is 19.8 Å². The van der Waals surface area contributed by atoms with Crippen LogP contribution in [0.4, 0.5) is 0 Å². The number of unbranched alkanes of at least 4 members (excludes halogenated alkanes) is 12. The van der Waals surface area contributed by atoms with E-state index in [1.165, 1.54) is 38.5 Å². The van der Waals surface area contributed by atoms with E-state index < -0.39 is 51.8 Å². The number of carbonyl (C=O) groups is 2. The van der Waals surface area contributed by atoms with E-state index in [0.29, 0.717) is 12.8 Å². The standard InChI is InChI=1S/C26H51O10P.Na/c1-3-5-7-9-11-13-15-17-25(29)33-21-24(22-35-37(31,32)34-20-23(28)19-27)36-26(30)18-16-14-12-10-8-6-4-2;/h23-24,27-28H,3-22H2,1-2H3,(H,31,32);/q;+1/p-1/t23?,24-;/m1./s1. The Balaban J connectivity index is 0. The summed E-state index contributed by atoms with van der Waals surface area (Å²) in [6.45, 7) is 2.03. The maximum absolute atomic E-state index is 12.3. The van der Waals surface area contributed by atoms with Crippen LogP contribution < -0.4 is 34.5 Å². The van der Waals surface area contributed by atoms with Crippen molar-refractivity contribution in [3.8, 4) is 0 Å². The van der Waals surface area contributed by atoms with Crippen LogP contribution in [0.15, 0.2) is 0 Å². The second kappa shape index (κ2) is 27.2. The predicted molar refractivity (Wildman–Crippen MR) is 139 cm³/mol. The van der Waals surface area contributed by atoms with E-state index in [-0.39, 0.29) is 49.0 Å². The zero-order valence-electron chi connectivity index (χ0n) is 23.9. The minimum atomic E-state index is -4.83. The van der Waals surface area contributed by atoms with Crippen molar-refractivity contribution in [2.45, 2.75) is 129 Å². The normalized spacial score (nSPS) is 14.2. The number of carbonyl (C=O) groups excluding carboxylic acids is 2. The number of hydrogen-bond acceptors (Lipinski definition) is 10. The molecule has 38 heavy (non-hydrogen) atoms. The van der Waals surface area contributed by atoms with Crippen molar-refractivity contribution in [1.82, 2.24) is 0 Å². The van der Waals surface area contributed by atoms with Crippen molar-refractivity contribution in [3.05, 3.63) is 0 Å². The Morgan fingerprint density at radius 2 is 1.18 bits per heavy atom. The molecule has 0 amide bonds. The van der Waals surface area contributed by atoms with Crippen LogP contribution in [0, 0.1) is 0 Å². The SMILES string of the molecule is CCCCCCCCCC(=O)OC[C@H](COP(=O)([O-])OCC(O)CO)OC(=O)CCCCCCCCC.[Na+]. The number of aliphatic hydroxyl groups excluding tert-OH is 2. The quantitative estimate of drug-likeness (QED) is 0.0672. The van der Waals surface area contributed by atoms with Gasteiger partial charge >= 0.3 is 41.5 Å². The van der Waals surface area contributed by atoms with Crippen molar-refractivity contribution < 1.29 is 77.3 Å². The topological polar surface area (TPSA) is 152 Å². The number of rotatable bonds is 26. The summed E-state index contributed by atoms with van der Waals surface area (Å²) in [5.41, 5.74) is 0. The molecular weight excluding hydrogens is 526 g/mol. The monoisotopic (exact) mass is 576 g/mol. The summed E-state index contributed by atoms with van der Waals surface area (Å²) >= 11 is 0. The molecule has 2 N–H and O–H groups in total. The maximum Gasteiger partial charge on any atom is 1.00 e. The van der Waals surface area contributed by atoms with Crippen molar-refractivity contribution in [2.75, 3.05) is 26.4 Å². The Bertz CT molecular complexity index is 623. The summed E-state index contributed by atoms with van der Waals surface area (Å²) in [4.78, 5) is 36.3. The van der Waals surface area contributed by atoms with Crippen molar-refractivity contribution in [1.29, 1.82) is 0 Å². The summed E-state index contributed by atoms with van der Waals surface area (Å²) in [6, 6.07) is 0. The summed E-state index contributed by atoms with van der Waals surface area (Å²) in [5.74, 6) is -0.975. The fraction of sp³-hybridized carbons (Fsp3) is 0.923. The van der Waals surface area contributed by atoms with Crippen LogP contribution in [0.25, 0.3) is 0 Å². The van der Waals surface area contributed by atoms with E-state index in [1.807, 2.05) is 0 Å². The van der Waals surface area contributed by atoms with Crippen molar-refractivity contribution in [3.63, 3.8) is 0 Å². The number of phosphoric ester groups is 1. The molecule has 0 aromatic carbocycles. The molecule has 3 atom stereocenters. The Labute approximate surface area is 251 Å². The third-order valence-electron chi connectivity index (χ3n) is 5.75. The first-order valence-electron chi connectivity index (χ1n) is 14.0. The van der Waals surface area contributed by atoms with Gasteiger partial charge < -0.3 is 33.6 Å². The molecule has 0 bridgehead atoms. The molecule has 0 radical (unpaired) electrons. The average molecular weight is 577 g/mol. The van der Waals surface area contributed by atoms with E-state index in [4.69, 9.17) is 19.1 Å². The van der Waals surface area contributed by atoms with Gasteiger partial charge in [0.05, 0.1) is 19.8 Å². The molecule has 2 unspecified atom stereocenters. The van der Waals surface area contributed by atoms with E-state index in [1.54, 1.807) is 0 Å². The third-order valence-corrected chi connectivity index (χ3v) is 6.68. The molecule has 0 aromatic rings. The van der Waals surface area contributed by atoms with Gasteiger partial charge in [-0.05, 0) is 12.8 Å². The molecule has 220 valence electrons. The van der Waals surface area contributed by atoms with Gasteiger partial charge in [0.15, 0.2) is 6.10 Å². The van der Waals surface area contributed by atoms with Gasteiger partial charge in [-0.15, -0.1) is 0 Å². The first-order valence-corrected chi connectivity index (χ1v) is 15.4. The molecule has 0 saturated carbocycles. The van der Waals surface area contributed by atoms with Gasteiger partial charge in [0, 0.05) is 12.8 Å². The fourth-order valence-corrected chi connectivity index (χ4v) is 4.29. The van der Waals surface area contributed by atoms with Gasteiger partial charge in [0.2, 0.25) is 0 Å². The molecule has 10 nitrogen and oxygen atoms in total. The Morgan fingerprint density at radius 3 is 1.68 bits per heavy atom. The zero-order valence-corrected chi connectivity index (χ0v) is 26.8. The minimum absolute atomic E-state index is 0. The van der Waals surface area contributed by atoms with Gasteiger partial charge in [-0.25, -0.2) is 0 Å². The minimum Gasteiger partial charge on any atom is -0.756 e. The molecule has 0 aromatic heterocycles. The van der Waals surface area contributed by atoms with Crippen molar-refractivity contribution in [2.24, 2.45) is 0 Å². The Hall–Kier alpha value is -0.0300. The van der Waals surface area contributed by atoms with Gasteiger partial charge in [-0.1, -0.05) is 90.9 Å². The molecule has 0 aliphatic rings. The fourth-order valence-electron chi connectivity index (χ4n) is 3.51. The second-order valence-corrected chi connectivity index (χ2v) is 10.8. The van der Waals surface area contributed by atoms with Crippen LogP contribution in [0.3, 0.4) is 0 Å². The molecular formula is C26H50NaO10P. The molecule has 12 heteroatoms. The Kier molecular flexibility index (Phi) is 28.7. The number of phosphoric acid groups is 1. The largest absolute Gasteiger partial charge is 1.00 e. The molecule has 0 spiro atoms. The Morgan fingerprint density at radius 1 is 0.737 bits per heavy atom. The molecule has 0 aliphatic heterocycles. The third kappa shape index (κ3) is 26.2. The molecule has 0 aliphatic carbocycles. The summed E-state index contributed by atoms with van der Waals surface area (Å²) < 4.78 is 31.7.